The maximum atomic E-state index is 13.2. The van der Waals surface area contributed by atoms with E-state index in [1.54, 1.807) is 6.20 Å². The van der Waals surface area contributed by atoms with Crippen molar-refractivity contribution in [2.45, 2.75) is 6.42 Å². The molecule has 0 bridgehead atoms. The molecule has 0 amide bonds. The highest BCUT2D eigenvalue weighted by Gasteiger charge is 2.23. The Balaban J connectivity index is 1.54. The summed E-state index contributed by atoms with van der Waals surface area (Å²) in [7, 11) is 0. The van der Waals surface area contributed by atoms with Gasteiger partial charge in [0.25, 0.3) is 0 Å². The van der Waals surface area contributed by atoms with Gasteiger partial charge in [-0.05, 0) is 12.5 Å². The first-order valence-corrected chi connectivity index (χ1v) is 6.80. The van der Waals surface area contributed by atoms with E-state index in [9.17, 15) is 8.78 Å². The fourth-order valence-corrected chi connectivity index (χ4v) is 2.43. The highest BCUT2D eigenvalue weighted by atomic mass is 19.1. The van der Waals surface area contributed by atoms with Crippen LogP contribution in [0.15, 0.2) is 36.8 Å². The lowest BCUT2D eigenvalue weighted by molar-refractivity contribution is 0.251. The van der Waals surface area contributed by atoms with Crippen molar-refractivity contribution in [1.82, 2.24) is 9.97 Å². The van der Waals surface area contributed by atoms with Gasteiger partial charge in [-0.3, -0.25) is 4.98 Å². The molecule has 1 aliphatic rings. The minimum atomic E-state index is -0.381. The van der Waals surface area contributed by atoms with Crippen LogP contribution in [0.4, 0.5) is 14.5 Å². The van der Waals surface area contributed by atoms with E-state index in [1.807, 2.05) is 0 Å². The minimum Gasteiger partial charge on any atom is -0.477 e. The zero-order valence-corrected chi connectivity index (χ0v) is 11.4. The Bertz CT molecular complexity index is 606. The predicted octanol–water partition coefficient (Wildman–Crippen LogP) is 2.66. The number of rotatable bonds is 4. The molecular weight excluding hydrogens is 276 g/mol. The molecule has 1 unspecified atom stereocenters. The summed E-state index contributed by atoms with van der Waals surface area (Å²) in [5.74, 6) is 0.0399. The molecule has 1 saturated heterocycles. The molecule has 0 aliphatic carbocycles. The molecule has 0 saturated carbocycles. The molecule has 6 heteroatoms. The van der Waals surface area contributed by atoms with E-state index >= 15 is 0 Å². The van der Waals surface area contributed by atoms with Crippen LogP contribution >= 0.6 is 0 Å². The van der Waals surface area contributed by atoms with Crippen LogP contribution in [0.25, 0.3) is 0 Å². The fourth-order valence-electron chi connectivity index (χ4n) is 2.43. The van der Waals surface area contributed by atoms with Gasteiger partial charge in [0.2, 0.25) is 5.88 Å². The molecule has 2 aromatic heterocycles. The summed E-state index contributed by atoms with van der Waals surface area (Å²) in [6, 6.07) is 4.32. The lowest BCUT2D eigenvalue weighted by atomic mass is 10.1. The Labute approximate surface area is 121 Å². The van der Waals surface area contributed by atoms with Crippen LogP contribution in [0.5, 0.6) is 5.88 Å². The number of aromatic nitrogens is 2. The molecule has 1 fully saturated rings. The maximum Gasteiger partial charge on any atom is 0.213 e. The van der Waals surface area contributed by atoms with Gasteiger partial charge in [-0.25, -0.2) is 13.8 Å². The number of pyridine rings is 2. The third-order valence-electron chi connectivity index (χ3n) is 3.51. The van der Waals surface area contributed by atoms with Crippen molar-refractivity contribution in [2.75, 3.05) is 24.6 Å². The molecule has 110 valence electrons. The van der Waals surface area contributed by atoms with E-state index in [0.29, 0.717) is 18.4 Å². The van der Waals surface area contributed by atoms with Crippen LogP contribution in [0, 0.1) is 17.6 Å². The van der Waals surface area contributed by atoms with Gasteiger partial charge in [-0.2, -0.15) is 0 Å². The topological polar surface area (TPSA) is 38.2 Å². The number of anilines is 1. The zero-order valence-electron chi connectivity index (χ0n) is 11.4. The van der Waals surface area contributed by atoms with Crippen LogP contribution in [0.1, 0.15) is 6.42 Å². The van der Waals surface area contributed by atoms with Crippen molar-refractivity contribution < 1.29 is 13.5 Å². The van der Waals surface area contributed by atoms with E-state index in [1.165, 1.54) is 24.4 Å². The molecule has 4 nitrogen and oxygen atoms in total. The second kappa shape index (κ2) is 6.03. The quantitative estimate of drug-likeness (QED) is 0.868. The van der Waals surface area contributed by atoms with Crippen LogP contribution in [0.3, 0.4) is 0 Å². The fraction of sp³-hybridized carbons (Fsp3) is 0.333. The monoisotopic (exact) mass is 291 g/mol. The van der Waals surface area contributed by atoms with Gasteiger partial charge < -0.3 is 9.64 Å². The van der Waals surface area contributed by atoms with Gasteiger partial charge in [-0.1, -0.05) is 0 Å². The highest BCUT2D eigenvalue weighted by molar-refractivity contribution is 5.45. The van der Waals surface area contributed by atoms with Gasteiger partial charge in [0.15, 0.2) is 0 Å². The Morgan fingerprint density at radius 1 is 1.19 bits per heavy atom. The van der Waals surface area contributed by atoms with E-state index in [2.05, 4.69) is 14.9 Å². The van der Waals surface area contributed by atoms with Crippen LogP contribution in [0.2, 0.25) is 0 Å². The molecule has 3 rings (SSSR count). The lowest BCUT2D eigenvalue weighted by Crippen LogP contribution is -2.22. The number of hydrogen-bond acceptors (Lipinski definition) is 4. The van der Waals surface area contributed by atoms with Crippen molar-refractivity contribution in [3.63, 3.8) is 0 Å². The minimum absolute atomic E-state index is 0.331. The summed E-state index contributed by atoms with van der Waals surface area (Å²) in [4.78, 5) is 9.81. The molecule has 2 aromatic rings. The standard InChI is InChI=1S/C15H15F2N3O/c16-12-1-2-15(19-7-12)21-10-11-3-4-20(9-11)14-5-13(17)6-18-8-14/h1-2,5-8,11H,3-4,9-10H2. The van der Waals surface area contributed by atoms with Gasteiger partial charge in [-0.15, -0.1) is 0 Å². The summed E-state index contributed by atoms with van der Waals surface area (Å²) in [6.07, 6.45) is 4.95. The Morgan fingerprint density at radius 3 is 2.86 bits per heavy atom. The van der Waals surface area contributed by atoms with E-state index in [0.717, 1.165) is 31.4 Å². The van der Waals surface area contributed by atoms with Crippen molar-refractivity contribution in [1.29, 1.82) is 0 Å². The van der Waals surface area contributed by atoms with E-state index < -0.39 is 0 Å². The molecule has 0 radical (unpaired) electrons. The number of hydrogen-bond donors (Lipinski definition) is 0. The van der Waals surface area contributed by atoms with Crippen molar-refractivity contribution in [3.05, 3.63) is 48.4 Å². The molecule has 1 aliphatic heterocycles. The number of nitrogens with zero attached hydrogens (tertiary/aromatic N) is 3. The molecule has 0 N–H and O–H groups in total. The summed E-state index contributed by atoms with van der Waals surface area (Å²) in [5, 5.41) is 0. The third kappa shape index (κ3) is 3.45. The Kier molecular flexibility index (Phi) is 3.94. The molecule has 3 heterocycles. The highest BCUT2D eigenvalue weighted by Crippen LogP contribution is 2.24. The van der Waals surface area contributed by atoms with Gasteiger partial charge >= 0.3 is 0 Å². The van der Waals surface area contributed by atoms with Crippen LogP contribution < -0.4 is 9.64 Å². The summed E-state index contributed by atoms with van der Waals surface area (Å²) in [5.41, 5.74) is 0.789. The first-order chi connectivity index (χ1) is 10.2. The van der Waals surface area contributed by atoms with E-state index in [-0.39, 0.29) is 11.6 Å². The maximum absolute atomic E-state index is 13.2. The van der Waals surface area contributed by atoms with Crippen LogP contribution in [-0.2, 0) is 0 Å². The average Bonchev–Trinajstić information content (AvgIpc) is 2.96. The first kappa shape index (κ1) is 13.7. The Hall–Kier alpha value is -2.24. The molecule has 1 atom stereocenters. The normalized spacial score (nSPS) is 18.0. The average molecular weight is 291 g/mol. The largest absolute Gasteiger partial charge is 0.477 e. The lowest BCUT2D eigenvalue weighted by Gasteiger charge is -2.18. The predicted molar refractivity (Wildman–Crippen MR) is 74.2 cm³/mol. The summed E-state index contributed by atoms with van der Waals surface area (Å²) in [6.45, 7) is 2.14. The SMILES string of the molecule is Fc1ccc(OCC2CCN(c3cncc(F)c3)C2)nc1. The molecule has 21 heavy (non-hydrogen) atoms. The Morgan fingerprint density at radius 2 is 2.10 bits per heavy atom. The summed E-state index contributed by atoms with van der Waals surface area (Å²) < 4.78 is 31.5. The summed E-state index contributed by atoms with van der Waals surface area (Å²) >= 11 is 0. The van der Waals surface area contributed by atoms with E-state index in [4.69, 9.17) is 4.74 Å². The zero-order chi connectivity index (χ0) is 14.7. The van der Waals surface area contributed by atoms with Gasteiger partial charge in [0.1, 0.15) is 11.6 Å². The second-order valence-electron chi connectivity index (χ2n) is 5.09. The van der Waals surface area contributed by atoms with Crippen molar-refractivity contribution >= 4 is 5.69 Å². The van der Waals surface area contributed by atoms with Gasteiger partial charge in [0.05, 0.1) is 30.9 Å². The van der Waals surface area contributed by atoms with Crippen molar-refractivity contribution in [3.8, 4) is 5.88 Å². The van der Waals surface area contributed by atoms with Crippen LogP contribution in [-0.4, -0.2) is 29.7 Å². The molecular formula is C15H15F2N3O. The second-order valence-corrected chi connectivity index (χ2v) is 5.09. The number of ether oxygens (including phenoxy) is 1. The number of halogens is 2. The molecule has 0 spiro atoms. The first-order valence-electron chi connectivity index (χ1n) is 6.80. The smallest absolute Gasteiger partial charge is 0.213 e. The van der Waals surface area contributed by atoms with Gasteiger partial charge in [0, 0.05) is 31.1 Å². The molecule has 0 aromatic carbocycles. The third-order valence-corrected chi connectivity index (χ3v) is 3.51. The van der Waals surface area contributed by atoms with Crippen molar-refractivity contribution in [2.24, 2.45) is 5.92 Å².